The van der Waals surface area contributed by atoms with Crippen molar-refractivity contribution in [3.05, 3.63) is 23.8 Å². The molecular formula is C15H22N2O5. The summed E-state index contributed by atoms with van der Waals surface area (Å²) in [6.45, 7) is 6.68. The lowest BCUT2D eigenvalue weighted by Crippen LogP contribution is -2.46. The number of nitrogen functional groups attached to an aromatic ring is 1. The molecule has 0 aliphatic heterocycles. The summed E-state index contributed by atoms with van der Waals surface area (Å²) in [6, 6.07) is 3.92. The van der Waals surface area contributed by atoms with Crippen molar-refractivity contribution >= 4 is 17.7 Å². The number of alkyl carbamates (subject to hydrolysis) is 1. The Hall–Kier alpha value is -2.44. The minimum absolute atomic E-state index is 0.262. The zero-order valence-electron chi connectivity index (χ0n) is 13.2. The van der Waals surface area contributed by atoms with Crippen LogP contribution in [0.2, 0.25) is 0 Å². The Bertz CT molecular complexity index is 551. The monoisotopic (exact) mass is 310 g/mol. The second-order valence-corrected chi connectivity index (χ2v) is 5.89. The van der Waals surface area contributed by atoms with E-state index in [0.29, 0.717) is 11.4 Å². The molecule has 7 nitrogen and oxygen atoms in total. The van der Waals surface area contributed by atoms with E-state index >= 15 is 0 Å². The van der Waals surface area contributed by atoms with Gasteiger partial charge in [-0.1, -0.05) is 6.07 Å². The van der Waals surface area contributed by atoms with Gasteiger partial charge in [-0.2, -0.15) is 0 Å². The van der Waals surface area contributed by atoms with Gasteiger partial charge in [0.05, 0.1) is 5.69 Å². The average Bonchev–Trinajstić information content (AvgIpc) is 2.33. The third kappa shape index (κ3) is 5.90. The molecule has 0 fully saturated rings. The number of ether oxygens (including phenoxy) is 2. The van der Waals surface area contributed by atoms with Crippen LogP contribution >= 0.6 is 0 Å². The SMILES string of the molecule is Cc1ccc(OC[C@@H](NC(=O)OC(C)(C)C)C(=O)O)c(N)c1. The summed E-state index contributed by atoms with van der Waals surface area (Å²) in [6.07, 6.45) is -0.819. The number of anilines is 1. The molecule has 0 saturated heterocycles. The number of amides is 1. The van der Waals surface area contributed by atoms with E-state index in [-0.39, 0.29) is 6.61 Å². The maximum absolute atomic E-state index is 11.6. The summed E-state index contributed by atoms with van der Waals surface area (Å²) in [5, 5.41) is 11.4. The highest BCUT2D eigenvalue weighted by atomic mass is 16.6. The normalized spacial score (nSPS) is 12.4. The van der Waals surface area contributed by atoms with Crippen molar-refractivity contribution in [2.24, 2.45) is 0 Å². The zero-order chi connectivity index (χ0) is 16.9. The van der Waals surface area contributed by atoms with Crippen LogP contribution in [0.5, 0.6) is 5.75 Å². The van der Waals surface area contributed by atoms with Crippen molar-refractivity contribution in [2.75, 3.05) is 12.3 Å². The minimum Gasteiger partial charge on any atom is -0.489 e. The standard InChI is InChI=1S/C15H22N2O5/c1-9-5-6-12(10(16)7-9)21-8-11(13(18)19)17-14(20)22-15(2,3)4/h5-7,11H,8,16H2,1-4H3,(H,17,20)(H,18,19)/t11-/m1/s1. The third-order valence-corrected chi connectivity index (χ3v) is 2.56. The molecule has 1 aromatic rings. The fourth-order valence-electron chi connectivity index (χ4n) is 1.60. The van der Waals surface area contributed by atoms with Crippen LogP contribution in [0.3, 0.4) is 0 Å². The van der Waals surface area contributed by atoms with E-state index < -0.39 is 23.7 Å². The molecule has 0 bridgehead atoms. The topological polar surface area (TPSA) is 111 Å². The fourth-order valence-corrected chi connectivity index (χ4v) is 1.60. The lowest BCUT2D eigenvalue weighted by atomic mass is 10.2. The minimum atomic E-state index is -1.24. The van der Waals surface area contributed by atoms with Crippen LogP contribution < -0.4 is 15.8 Å². The van der Waals surface area contributed by atoms with E-state index in [1.165, 1.54) is 0 Å². The first kappa shape index (κ1) is 17.6. The predicted molar refractivity (Wildman–Crippen MR) is 81.9 cm³/mol. The van der Waals surface area contributed by atoms with Gasteiger partial charge in [-0.3, -0.25) is 0 Å². The first-order chi connectivity index (χ1) is 10.1. The van der Waals surface area contributed by atoms with Gasteiger partial charge in [-0.05, 0) is 45.4 Å². The van der Waals surface area contributed by atoms with Crippen molar-refractivity contribution < 1.29 is 24.2 Å². The smallest absolute Gasteiger partial charge is 0.408 e. The van der Waals surface area contributed by atoms with Crippen molar-refractivity contribution in [1.29, 1.82) is 0 Å². The Balaban J connectivity index is 2.65. The number of hydrogen-bond donors (Lipinski definition) is 3. The molecular weight excluding hydrogens is 288 g/mol. The van der Waals surface area contributed by atoms with E-state index in [1.807, 2.05) is 6.92 Å². The second-order valence-electron chi connectivity index (χ2n) is 5.89. The number of aryl methyl sites for hydroxylation is 1. The Labute approximate surface area is 129 Å². The largest absolute Gasteiger partial charge is 0.489 e. The van der Waals surface area contributed by atoms with Crippen LogP contribution in [-0.4, -0.2) is 35.4 Å². The first-order valence-corrected chi connectivity index (χ1v) is 6.80. The summed E-state index contributed by atoms with van der Waals surface area (Å²) in [7, 11) is 0. The molecule has 0 saturated carbocycles. The average molecular weight is 310 g/mol. The van der Waals surface area contributed by atoms with Crippen LogP contribution in [-0.2, 0) is 9.53 Å². The van der Waals surface area contributed by atoms with Gasteiger partial charge in [0.15, 0.2) is 6.04 Å². The highest BCUT2D eigenvalue weighted by Gasteiger charge is 2.24. The molecule has 0 heterocycles. The molecule has 22 heavy (non-hydrogen) atoms. The number of aliphatic carboxylic acids is 1. The second kappa shape index (κ2) is 7.02. The molecule has 1 aromatic carbocycles. The van der Waals surface area contributed by atoms with E-state index in [2.05, 4.69) is 5.32 Å². The molecule has 0 aliphatic rings. The van der Waals surface area contributed by atoms with Gasteiger partial charge in [0.2, 0.25) is 0 Å². The zero-order valence-corrected chi connectivity index (χ0v) is 13.2. The Morgan fingerprint density at radius 2 is 2.00 bits per heavy atom. The predicted octanol–water partition coefficient (Wildman–Crippen LogP) is 1.93. The molecule has 0 spiro atoms. The third-order valence-electron chi connectivity index (χ3n) is 2.56. The van der Waals surface area contributed by atoms with Gasteiger partial charge >= 0.3 is 12.1 Å². The molecule has 0 unspecified atom stereocenters. The number of carboxylic acid groups (broad SMARTS) is 1. The van der Waals surface area contributed by atoms with Crippen LogP contribution in [0.4, 0.5) is 10.5 Å². The Morgan fingerprint density at radius 1 is 1.36 bits per heavy atom. The van der Waals surface area contributed by atoms with Crippen LogP contribution in [0.25, 0.3) is 0 Å². The Morgan fingerprint density at radius 3 is 2.50 bits per heavy atom. The summed E-state index contributed by atoms with van der Waals surface area (Å²) >= 11 is 0. The summed E-state index contributed by atoms with van der Waals surface area (Å²) < 4.78 is 10.4. The molecule has 4 N–H and O–H groups in total. The number of benzene rings is 1. The van der Waals surface area contributed by atoms with Crippen molar-refractivity contribution in [3.8, 4) is 5.75 Å². The number of nitrogens with one attached hydrogen (secondary N) is 1. The summed E-state index contributed by atoms with van der Waals surface area (Å²) in [5.41, 5.74) is 6.44. The summed E-state index contributed by atoms with van der Waals surface area (Å²) in [5.74, 6) is -0.862. The molecule has 0 radical (unpaired) electrons. The highest BCUT2D eigenvalue weighted by Crippen LogP contribution is 2.22. The van der Waals surface area contributed by atoms with E-state index in [4.69, 9.17) is 20.3 Å². The van der Waals surface area contributed by atoms with E-state index in [9.17, 15) is 9.59 Å². The van der Waals surface area contributed by atoms with E-state index in [0.717, 1.165) is 5.56 Å². The van der Waals surface area contributed by atoms with Crippen molar-refractivity contribution in [3.63, 3.8) is 0 Å². The Kier molecular flexibility index (Phi) is 5.62. The number of carbonyl (C=O) groups excluding carboxylic acids is 1. The maximum Gasteiger partial charge on any atom is 0.408 e. The summed E-state index contributed by atoms with van der Waals surface area (Å²) in [4.78, 5) is 22.8. The van der Waals surface area contributed by atoms with Crippen molar-refractivity contribution in [2.45, 2.75) is 39.3 Å². The molecule has 1 atom stereocenters. The van der Waals surface area contributed by atoms with Crippen LogP contribution in [0.15, 0.2) is 18.2 Å². The van der Waals surface area contributed by atoms with Crippen LogP contribution in [0, 0.1) is 6.92 Å². The number of rotatable bonds is 5. The number of carboxylic acids is 1. The van der Waals surface area contributed by atoms with Gasteiger partial charge < -0.3 is 25.6 Å². The molecule has 1 rings (SSSR count). The first-order valence-electron chi connectivity index (χ1n) is 6.80. The van der Waals surface area contributed by atoms with Crippen LogP contribution in [0.1, 0.15) is 26.3 Å². The quantitative estimate of drug-likeness (QED) is 0.717. The number of nitrogens with two attached hydrogens (primary N) is 1. The molecule has 1 amide bonds. The van der Waals surface area contributed by atoms with Gasteiger partial charge in [-0.15, -0.1) is 0 Å². The fraction of sp³-hybridized carbons (Fsp3) is 0.467. The van der Waals surface area contributed by atoms with Gasteiger partial charge in [0.25, 0.3) is 0 Å². The lowest BCUT2D eigenvalue weighted by Gasteiger charge is -2.22. The maximum atomic E-state index is 11.6. The molecule has 0 aliphatic carbocycles. The lowest BCUT2D eigenvalue weighted by molar-refractivity contribution is -0.140. The molecule has 7 heteroatoms. The van der Waals surface area contributed by atoms with Gasteiger partial charge in [0, 0.05) is 0 Å². The number of carbonyl (C=O) groups is 2. The van der Waals surface area contributed by atoms with E-state index in [1.54, 1.807) is 39.0 Å². The van der Waals surface area contributed by atoms with Gasteiger partial charge in [0.1, 0.15) is 18.0 Å². The molecule has 0 aromatic heterocycles. The van der Waals surface area contributed by atoms with Gasteiger partial charge in [-0.25, -0.2) is 9.59 Å². The van der Waals surface area contributed by atoms with Crippen molar-refractivity contribution in [1.82, 2.24) is 5.32 Å². The molecule has 122 valence electrons. The highest BCUT2D eigenvalue weighted by molar-refractivity contribution is 5.80. The number of hydrogen-bond acceptors (Lipinski definition) is 5.